The third-order valence-corrected chi connectivity index (χ3v) is 2.27. The number of hydrogen-bond acceptors (Lipinski definition) is 1. The van der Waals surface area contributed by atoms with E-state index < -0.39 is 0 Å². The zero-order chi connectivity index (χ0) is 10.4. The van der Waals surface area contributed by atoms with E-state index in [4.69, 9.17) is 5.53 Å². The highest BCUT2D eigenvalue weighted by molar-refractivity contribution is 9.10. The van der Waals surface area contributed by atoms with Crippen molar-refractivity contribution in [2.75, 3.05) is 6.54 Å². The van der Waals surface area contributed by atoms with Crippen LogP contribution < -0.4 is 0 Å². The van der Waals surface area contributed by atoms with Crippen molar-refractivity contribution >= 4 is 22.0 Å². The van der Waals surface area contributed by atoms with Gasteiger partial charge in [-0.05, 0) is 35.7 Å². The molecule has 0 aliphatic carbocycles. The Morgan fingerprint density at radius 2 is 2.36 bits per heavy atom. The van der Waals surface area contributed by atoms with Crippen molar-refractivity contribution in [3.8, 4) is 0 Å². The summed E-state index contributed by atoms with van der Waals surface area (Å²) in [5.41, 5.74) is 10.4. The molecular weight excluding hydrogens is 242 g/mol. The van der Waals surface area contributed by atoms with Gasteiger partial charge >= 0.3 is 0 Å². The van der Waals surface area contributed by atoms with Gasteiger partial charge in [0, 0.05) is 15.9 Å². The molecule has 0 heterocycles. The molecule has 0 aromatic heterocycles. The molecule has 0 aliphatic rings. The summed E-state index contributed by atoms with van der Waals surface area (Å²) in [4.78, 5) is 2.67. The third-order valence-electron chi connectivity index (χ3n) is 1.78. The molecule has 0 amide bonds. The van der Waals surface area contributed by atoms with E-state index in [1.807, 2.05) is 37.3 Å². The lowest BCUT2D eigenvalue weighted by molar-refractivity contribution is 1.22. The van der Waals surface area contributed by atoms with E-state index in [2.05, 4.69) is 26.0 Å². The van der Waals surface area contributed by atoms with Gasteiger partial charge in [0.25, 0.3) is 0 Å². The molecule has 0 radical (unpaired) electrons. The number of nitrogens with zero attached hydrogens (tertiary/aromatic N) is 3. The topological polar surface area (TPSA) is 48.8 Å². The van der Waals surface area contributed by atoms with Crippen LogP contribution in [0, 0.1) is 6.92 Å². The minimum Gasteiger partial charge on any atom is -0.0899 e. The molecule has 0 fully saturated rings. The lowest BCUT2D eigenvalue weighted by Crippen LogP contribution is -1.80. The van der Waals surface area contributed by atoms with Gasteiger partial charge in [-0.1, -0.05) is 39.3 Å². The molecule has 1 rings (SSSR count). The highest BCUT2D eigenvalue weighted by Gasteiger charge is 1.93. The summed E-state index contributed by atoms with van der Waals surface area (Å²) < 4.78 is 1.07. The highest BCUT2D eigenvalue weighted by atomic mass is 79.9. The Bertz CT molecular complexity index is 392. The van der Waals surface area contributed by atoms with Crippen LogP contribution in [0.2, 0.25) is 0 Å². The first-order valence-electron chi connectivity index (χ1n) is 4.17. The summed E-state index contributed by atoms with van der Waals surface area (Å²) in [7, 11) is 0. The zero-order valence-electron chi connectivity index (χ0n) is 7.81. The normalized spacial score (nSPS) is 10.1. The van der Waals surface area contributed by atoms with Gasteiger partial charge in [0.1, 0.15) is 0 Å². The summed E-state index contributed by atoms with van der Waals surface area (Å²) in [6.07, 6.45) is 3.80. The molecule has 1 aromatic carbocycles. The minimum absolute atomic E-state index is 0.395. The highest BCUT2D eigenvalue weighted by Crippen LogP contribution is 2.16. The SMILES string of the molecule is Cc1cc(Br)ccc1C=CCN=[N+]=[N-]. The number of rotatable bonds is 3. The van der Waals surface area contributed by atoms with Crippen LogP contribution in [0.15, 0.2) is 33.9 Å². The van der Waals surface area contributed by atoms with Crippen molar-refractivity contribution in [1.82, 2.24) is 0 Å². The van der Waals surface area contributed by atoms with Crippen LogP contribution in [0.5, 0.6) is 0 Å². The molecular formula is C10H10BrN3. The summed E-state index contributed by atoms with van der Waals surface area (Å²) in [6.45, 7) is 2.43. The van der Waals surface area contributed by atoms with Crippen molar-refractivity contribution in [3.63, 3.8) is 0 Å². The minimum atomic E-state index is 0.395. The zero-order valence-corrected chi connectivity index (χ0v) is 9.40. The molecule has 4 heteroatoms. The summed E-state index contributed by atoms with van der Waals surface area (Å²) in [6, 6.07) is 6.06. The van der Waals surface area contributed by atoms with Gasteiger partial charge in [-0.15, -0.1) is 0 Å². The van der Waals surface area contributed by atoms with Crippen molar-refractivity contribution < 1.29 is 0 Å². The van der Waals surface area contributed by atoms with E-state index in [1.165, 1.54) is 5.56 Å². The molecule has 0 spiro atoms. The average Bonchev–Trinajstić information content (AvgIpc) is 2.15. The second kappa shape index (κ2) is 5.47. The van der Waals surface area contributed by atoms with Crippen LogP contribution in [0.1, 0.15) is 11.1 Å². The lowest BCUT2D eigenvalue weighted by Gasteiger charge is -1.99. The smallest absolute Gasteiger partial charge is 0.0443 e. The van der Waals surface area contributed by atoms with Gasteiger partial charge in [-0.25, -0.2) is 0 Å². The van der Waals surface area contributed by atoms with E-state index in [1.54, 1.807) is 0 Å². The van der Waals surface area contributed by atoms with Crippen molar-refractivity contribution in [1.29, 1.82) is 0 Å². The van der Waals surface area contributed by atoms with Crippen LogP contribution in [0.4, 0.5) is 0 Å². The first-order valence-corrected chi connectivity index (χ1v) is 4.97. The number of benzene rings is 1. The second-order valence-electron chi connectivity index (χ2n) is 2.82. The van der Waals surface area contributed by atoms with Crippen molar-refractivity contribution in [2.45, 2.75) is 6.92 Å². The number of aryl methyl sites for hydroxylation is 1. The average molecular weight is 252 g/mol. The molecule has 0 N–H and O–H groups in total. The lowest BCUT2D eigenvalue weighted by atomic mass is 10.1. The summed E-state index contributed by atoms with van der Waals surface area (Å²) in [5.74, 6) is 0. The molecule has 0 aliphatic heterocycles. The van der Waals surface area contributed by atoms with Crippen LogP contribution in [-0.2, 0) is 0 Å². The maximum atomic E-state index is 8.07. The standard InChI is InChI=1S/C10H10BrN3/c1-8-7-10(11)5-4-9(8)3-2-6-13-14-12/h2-5,7H,6H2,1H3. The van der Waals surface area contributed by atoms with Crippen LogP contribution >= 0.6 is 15.9 Å². The van der Waals surface area contributed by atoms with Gasteiger partial charge in [0.2, 0.25) is 0 Å². The molecule has 14 heavy (non-hydrogen) atoms. The first kappa shape index (κ1) is 10.8. The Morgan fingerprint density at radius 3 is 3.00 bits per heavy atom. The van der Waals surface area contributed by atoms with Gasteiger partial charge in [0.15, 0.2) is 0 Å². The fourth-order valence-electron chi connectivity index (χ4n) is 1.09. The fourth-order valence-corrected chi connectivity index (χ4v) is 1.56. The second-order valence-corrected chi connectivity index (χ2v) is 3.73. The van der Waals surface area contributed by atoms with Crippen LogP contribution in [0.25, 0.3) is 16.5 Å². The number of azide groups is 1. The van der Waals surface area contributed by atoms with Gasteiger partial charge in [-0.3, -0.25) is 0 Å². The number of hydrogen-bond donors (Lipinski definition) is 0. The predicted molar refractivity (Wildman–Crippen MR) is 61.9 cm³/mol. The van der Waals surface area contributed by atoms with Gasteiger partial charge in [-0.2, -0.15) is 0 Å². The maximum absolute atomic E-state index is 8.07. The molecule has 0 saturated heterocycles. The van der Waals surface area contributed by atoms with Crippen LogP contribution in [0.3, 0.4) is 0 Å². The summed E-state index contributed by atoms with van der Waals surface area (Å²) >= 11 is 3.40. The fraction of sp³-hybridized carbons (Fsp3) is 0.200. The first-order chi connectivity index (χ1) is 6.74. The Labute approximate surface area is 91.2 Å². The van der Waals surface area contributed by atoms with Gasteiger partial charge < -0.3 is 0 Å². The van der Waals surface area contributed by atoms with Crippen LogP contribution in [-0.4, -0.2) is 6.54 Å². The molecule has 72 valence electrons. The molecule has 0 saturated carbocycles. The number of halogens is 1. The maximum Gasteiger partial charge on any atom is 0.0443 e. The van der Waals surface area contributed by atoms with E-state index >= 15 is 0 Å². The van der Waals surface area contributed by atoms with Crippen molar-refractivity contribution in [2.24, 2.45) is 5.11 Å². The molecule has 0 unspecified atom stereocenters. The molecule has 0 atom stereocenters. The molecule has 1 aromatic rings. The Hall–Kier alpha value is -1.25. The van der Waals surface area contributed by atoms with E-state index in [9.17, 15) is 0 Å². The predicted octanol–water partition coefficient (Wildman–Crippen LogP) is 4.08. The van der Waals surface area contributed by atoms with Gasteiger partial charge in [0.05, 0.1) is 0 Å². The Morgan fingerprint density at radius 1 is 1.57 bits per heavy atom. The Balaban J connectivity index is 2.76. The van der Waals surface area contributed by atoms with E-state index in [0.717, 1.165) is 10.0 Å². The summed E-state index contributed by atoms with van der Waals surface area (Å²) in [5, 5.41) is 3.42. The monoisotopic (exact) mass is 251 g/mol. The van der Waals surface area contributed by atoms with E-state index in [0.29, 0.717) is 6.54 Å². The molecule has 0 bridgehead atoms. The quantitative estimate of drug-likeness (QED) is 0.442. The largest absolute Gasteiger partial charge is 0.0899 e. The Kier molecular flexibility index (Phi) is 4.23. The van der Waals surface area contributed by atoms with E-state index in [-0.39, 0.29) is 0 Å². The third kappa shape index (κ3) is 3.24. The van der Waals surface area contributed by atoms with Crippen molar-refractivity contribution in [3.05, 3.63) is 50.3 Å². The molecule has 3 nitrogen and oxygen atoms in total.